The quantitative estimate of drug-likeness (QED) is 0.604. The minimum absolute atomic E-state index is 0.116. The van der Waals surface area contributed by atoms with Crippen LogP contribution >= 0.6 is 0 Å². The number of nitrogens with one attached hydrogen (secondary N) is 1. The lowest BCUT2D eigenvalue weighted by atomic mass is 9.99. The molecule has 1 aliphatic heterocycles. The molecule has 180 valence electrons. The smallest absolute Gasteiger partial charge is 0.238 e. The number of halogens is 1. The Kier molecular flexibility index (Phi) is 6.92. The molecule has 1 aliphatic rings. The fourth-order valence-electron chi connectivity index (χ4n) is 4.75. The van der Waals surface area contributed by atoms with Crippen molar-refractivity contribution in [3.8, 4) is 0 Å². The third-order valence-electron chi connectivity index (χ3n) is 6.52. The summed E-state index contributed by atoms with van der Waals surface area (Å²) in [5, 5.41) is 8.27. The molecular weight excluding hydrogens is 435 g/mol. The van der Waals surface area contributed by atoms with Gasteiger partial charge in [-0.15, -0.1) is 0 Å². The zero-order valence-electron chi connectivity index (χ0n) is 20.2. The van der Waals surface area contributed by atoms with Crippen LogP contribution in [0.5, 0.6) is 0 Å². The Balaban J connectivity index is 1.29. The minimum atomic E-state index is -0.387. The number of benzene rings is 1. The van der Waals surface area contributed by atoms with Crippen LogP contribution in [0, 0.1) is 26.6 Å². The van der Waals surface area contributed by atoms with E-state index in [0.29, 0.717) is 44.7 Å². The summed E-state index contributed by atoms with van der Waals surface area (Å²) in [7, 11) is 1.90. The molecule has 0 atom stereocenters. The number of anilines is 1. The molecule has 1 N–H and O–H groups in total. The van der Waals surface area contributed by atoms with E-state index >= 15 is 0 Å². The normalized spacial score (nSPS) is 14.6. The van der Waals surface area contributed by atoms with Crippen molar-refractivity contribution in [2.24, 2.45) is 7.05 Å². The first-order valence-corrected chi connectivity index (χ1v) is 11.6. The number of pyridine rings is 1. The Labute approximate surface area is 198 Å². The molecule has 1 aromatic carbocycles. The largest absolute Gasteiger partial charge is 0.340 e. The molecule has 0 spiro atoms. The number of aromatic nitrogens is 3. The van der Waals surface area contributed by atoms with Gasteiger partial charge in [0.1, 0.15) is 5.82 Å². The Bertz CT molecular complexity index is 1230. The Morgan fingerprint density at radius 2 is 1.82 bits per heavy atom. The second kappa shape index (κ2) is 9.89. The van der Waals surface area contributed by atoms with E-state index in [9.17, 15) is 14.0 Å². The highest BCUT2D eigenvalue weighted by atomic mass is 19.1. The first-order chi connectivity index (χ1) is 16.2. The molecule has 9 heteroatoms. The molecule has 34 heavy (non-hydrogen) atoms. The topological polar surface area (TPSA) is 83.4 Å². The van der Waals surface area contributed by atoms with E-state index in [2.05, 4.69) is 17.3 Å². The van der Waals surface area contributed by atoms with E-state index in [1.54, 1.807) is 16.8 Å². The average Bonchev–Trinajstić information content (AvgIpc) is 3.06. The maximum atomic E-state index is 13.3. The highest BCUT2D eigenvalue weighted by Crippen LogP contribution is 2.26. The van der Waals surface area contributed by atoms with Crippen LogP contribution in [-0.2, 0) is 23.1 Å². The van der Waals surface area contributed by atoms with E-state index in [0.717, 1.165) is 33.5 Å². The third-order valence-corrected chi connectivity index (χ3v) is 6.52. The highest BCUT2D eigenvalue weighted by molar-refractivity contribution is 5.92. The van der Waals surface area contributed by atoms with Gasteiger partial charge in [0.05, 0.1) is 12.2 Å². The SMILES string of the molecule is Cc1nc2c(c(C)nn2C)c(C)c1CCC(=O)N1CCN(CC(=O)Nc2cccc(F)c2)CC1. The van der Waals surface area contributed by atoms with Crippen molar-refractivity contribution in [3.63, 3.8) is 0 Å². The molecule has 3 aromatic rings. The first-order valence-electron chi connectivity index (χ1n) is 11.6. The lowest BCUT2D eigenvalue weighted by molar-refractivity contribution is -0.133. The number of rotatable bonds is 6. The molecule has 0 aliphatic carbocycles. The monoisotopic (exact) mass is 466 g/mol. The summed E-state index contributed by atoms with van der Waals surface area (Å²) in [6.45, 7) is 8.70. The van der Waals surface area contributed by atoms with Gasteiger partial charge in [0.2, 0.25) is 11.8 Å². The summed E-state index contributed by atoms with van der Waals surface area (Å²) in [6, 6.07) is 5.85. The summed E-state index contributed by atoms with van der Waals surface area (Å²) < 4.78 is 15.1. The number of nitrogens with zero attached hydrogens (tertiary/aromatic N) is 5. The van der Waals surface area contributed by atoms with Crippen molar-refractivity contribution >= 4 is 28.5 Å². The van der Waals surface area contributed by atoms with Crippen LogP contribution in [-0.4, -0.2) is 69.1 Å². The molecule has 2 amide bonds. The van der Waals surface area contributed by atoms with Gasteiger partial charge in [-0.1, -0.05) is 6.07 Å². The standard InChI is InChI=1S/C25H31FN6O2/c1-16-21(17(2)27-25-24(16)18(3)29-30(25)4)8-9-23(34)32-12-10-31(11-13-32)15-22(33)28-20-7-5-6-19(26)14-20/h5-7,14H,8-13,15H2,1-4H3,(H,28,33). The lowest BCUT2D eigenvalue weighted by Crippen LogP contribution is -2.50. The Hall–Kier alpha value is -3.33. The van der Waals surface area contributed by atoms with Gasteiger partial charge in [0.25, 0.3) is 0 Å². The first kappa shape index (κ1) is 23.8. The van der Waals surface area contributed by atoms with Gasteiger partial charge >= 0.3 is 0 Å². The number of hydrogen-bond donors (Lipinski definition) is 1. The van der Waals surface area contributed by atoms with Gasteiger partial charge in [-0.25, -0.2) is 9.37 Å². The number of carbonyl (C=O) groups excluding carboxylic acids is 2. The van der Waals surface area contributed by atoms with Gasteiger partial charge < -0.3 is 10.2 Å². The summed E-state index contributed by atoms with van der Waals surface area (Å²) in [5.74, 6) is -0.461. The van der Waals surface area contributed by atoms with E-state index in [1.165, 1.54) is 12.1 Å². The summed E-state index contributed by atoms with van der Waals surface area (Å²) in [6.07, 6.45) is 1.07. The number of aryl methyl sites for hydroxylation is 4. The molecule has 1 saturated heterocycles. The molecule has 0 radical (unpaired) electrons. The fraction of sp³-hybridized carbons (Fsp3) is 0.440. The highest BCUT2D eigenvalue weighted by Gasteiger charge is 2.23. The molecule has 0 saturated carbocycles. The van der Waals surface area contributed by atoms with Crippen molar-refractivity contribution in [1.29, 1.82) is 0 Å². The zero-order valence-corrected chi connectivity index (χ0v) is 20.2. The average molecular weight is 467 g/mol. The van der Waals surface area contributed by atoms with Crippen molar-refractivity contribution < 1.29 is 14.0 Å². The predicted molar refractivity (Wildman–Crippen MR) is 129 cm³/mol. The Morgan fingerprint density at radius 1 is 1.09 bits per heavy atom. The van der Waals surface area contributed by atoms with Crippen molar-refractivity contribution in [2.75, 3.05) is 38.0 Å². The maximum Gasteiger partial charge on any atom is 0.238 e. The summed E-state index contributed by atoms with van der Waals surface area (Å²) in [5.41, 5.74) is 5.47. The number of hydrogen-bond acceptors (Lipinski definition) is 5. The van der Waals surface area contributed by atoms with Crippen LogP contribution in [0.3, 0.4) is 0 Å². The molecule has 2 aromatic heterocycles. The van der Waals surface area contributed by atoms with E-state index < -0.39 is 0 Å². The molecular formula is C25H31FN6O2. The van der Waals surface area contributed by atoms with Gasteiger partial charge in [-0.2, -0.15) is 5.10 Å². The molecule has 3 heterocycles. The fourth-order valence-corrected chi connectivity index (χ4v) is 4.75. The van der Waals surface area contributed by atoms with Crippen LogP contribution in [0.4, 0.5) is 10.1 Å². The molecule has 4 rings (SSSR count). The zero-order chi connectivity index (χ0) is 24.4. The predicted octanol–water partition coefficient (Wildman–Crippen LogP) is 2.75. The van der Waals surface area contributed by atoms with E-state index in [1.807, 2.05) is 30.7 Å². The molecule has 0 unspecified atom stereocenters. The van der Waals surface area contributed by atoms with Crippen LogP contribution in [0.1, 0.15) is 28.9 Å². The van der Waals surface area contributed by atoms with Crippen LogP contribution in [0.2, 0.25) is 0 Å². The number of carbonyl (C=O) groups is 2. The van der Waals surface area contributed by atoms with Crippen LogP contribution in [0.25, 0.3) is 11.0 Å². The summed E-state index contributed by atoms with van der Waals surface area (Å²) in [4.78, 5) is 33.8. The molecule has 1 fully saturated rings. The maximum absolute atomic E-state index is 13.3. The minimum Gasteiger partial charge on any atom is -0.340 e. The summed E-state index contributed by atoms with van der Waals surface area (Å²) >= 11 is 0. The second-order valence-electron chi connectivity index (χ2n) is 8.92. The third kappa shape index (κ3) is 5.09. The van der Waals surface area contributed by atoms with Crippen LogP contribution in [0.15, 0.2) is 24.3 Å². The van der Waals surface area contributed by atoms with Gasteiger partial charge in [-0.05, 0) is 56.5 Å². The molecule has 8 nitrogen and oxygen atoms in total. The van der Waals surface area contributed by atoms with Crippen molar-refractivity contribution in [2.45, 2.75) is 33.6 Å². The number of amides is 2. The van der Waals surface area contributed by atoms with Gasteiger partial charge in [0, 0.05) is 56.4 Å². The van der Waals surface area contributed by atoms with Gasteiger partial charge in [0.15, 0.2) is 5.65 Å². The second-order valence-corrected chi connectivity index (χ2v) is 8.92. The number of fused-ring (bicyclic) bond motifs is 1. The molecule has 0 bridgehead atoms. The number of piperazine rings is 1. The lowest BCUT2D eigenvalue weighted by Gasteiger charge is -2.34. The van der Waals surface area contributed by atoms with E-state index in [-0.39, 0.29) is 24.2 Å². The van der Waals surface area contributed by atoms with Crippen molar-refractivity contribution in [3.05, 3.63) is 52.6 Å². The van der Waals surface area contributed by atoms with E-state index in [4.69, 9.17) is 4.98 Å². The van der Waals surface area contributed by atoms with Crippen molar-refractivity contribution in [1.82, 2.24) is 24.6 Å². The van der Waals surface area contributed by atoms with Gasteiger partial charge in [-0.3, -0.25) is 19.2 Å². The van der Waals surface area contributed by atoms with Crippen LogP contribution < -0.4 is 5.32 Å². The Morgan fingerprint density at radius 3 is 2.53 bits per heavy atom.